The summed E-state index contributed by atoms with van der Waals surface area (Å²) in [6, 6.07) is 3.92. The Morgan fingerprint density at radius 3 is 3.06 bits per heavy atom. The zero-order chi connectivity index (χ0) is 11.5. The first-order chi connectivity index (χ1) is 7.69. The van der Waals surface area contributed by atoms with Crippen LogP contribution in [-0.4, -0.2) is 34.0 Å². The van der Waals surface area contributed by atoms with Crippen molar-refractivity contribution in [1.29, 1.82) is 0 Å². The van der Waals surface area contributed by atoms with E-state index in [0.29, 0.717) is 19.5 Å². The number of carbonyl (C=O) groups excluding carboxylic acids is 1. The lowest BCUT2D eigenvalue weighted by atomic mass is 10.1. The number of aromatic nitrogens is 1. The van der Waals surface area contributed by atoms with E-state index in [1.54, 1.807) is 11.1 Å². The molecule has 0 aliphatic carbocycles. The lowest BCUT2D eigenvalue weighted by molar-refractivity contribution is -0.128. The van der Waals surface area contributed by atoms with Crippen LogP contribution in [0.1, 0.15) is 17.7 Å². The highest BCUT2D eigenvalue weighted by molar-refractivity contribution is 5.78. The van der Waals surface area contributed by atoms with Gasteiger partial charge < -0.3 is 10.0 Å². The van der Waals surface area contributed by atoms with Gasteiger partial charge in [-0.15, -0.1) is 0 Å². The quantitative estimate of drug-likeness (QED) is 0.817. The second-order valence-corrected chi connectivity index (χ2v) is 4.35. The van der Waals surface area contributed by atoms with E-state index in [1.165, 1.54) is 0 Å². The molecule has 1 saturated heterocycles. The van der Waals surface area contributed by atoms with Crippen LogP contribution >= 0.6 is 0 Å². The van der Waals surface area contributed by atoms with Crippen LogP contribution in [0, 0.1) is 12.8 Å². The monoisotopic (exact) mass is 220 g/mol. The van der Waals surface area contributed by atoms with Crippen molar-refractivity contribution in [2.24, 2.45) is 5.92 Å². The molecule has 0 radical (unpaired) electrons. The third kappa shape index (κ3) is 2.39. The van der Waals surface area contributed by atoms with Gasteiger partial charge in [0.25, 0.3) is 0 Å². The van der Waals surface area contributed by atoms with Crippen molar-refractivity contribution >= 4 is 5.91 Å². The Bertz CT molecular complexity index is 392. The number of hydrogen-bond acceptors (Lipinski definition) is 3. The molecule has 1 atom stereocenters. The van der Waals surface area contributed by atoms with Gasteiger partial charge in [-0.05, 0) is 24.6 Å². The maximum absolute atomic E-state index is 11.6. The van der Waals surface area contributed by atoms with Crippen LogP contribution < -0.4 is 0 Å². The fraction of sp³-hybridized carbons (Fsp3) is 0.500. The minimum Gasteiger partial charge on any atom is -0.396 e. The molecule has 1 aliphatic heterocycles. The average Bonchev–Trinajstić information content (AvgIpc) is 2.60. The molecule has 4 nitrogen and oxygen atoms in total. The summed E-state index contributed by atoms with van der Waals surface area (Å²) in [5.74, 6) is 0.208. The molecule has 0 saturated carbocycles. The van der Waals surface area contributed by atoms with Crippen LogP contribution in [0.15, 0.2) is 18.3 Å². The number of rotatable bonds is 3. The SMILES string of the molecule is Cc1ccnc(CN2CC(CO)CC2=O)c1. The summed E-state index contributed by atoms with van der Waals surface area (Å²) in [4.78, 5) is 17.6. The highest BCUT2D eigenvalue weighted by Gasteiger charge is 2.28. The van der Waals surface area contributed by atoms with Crippen LogP contribution in [-0.2, 0) is 11.3 Å². The fourth-order valence-corrected chi connectivity index (χ4v) is 2.01. The third-order valence-corrected chi connectivity index (χ3v) is 2.88. The van der Waals surface area contributed by atoms with Gasteiger partial charge in [0.05, 0.1) is 12.2 Å². The molecule has 86 valence electrons. The molecule has 1 amide bonds. The molecule has 16 heavy (non-hydrogen) atoms. The summed E-state index contributed by atoms with van der Waals surface area (Å²) in [6.45, 7) is 3.29. The number of amides is 1. The predicted octanol–water partition coefficient (Wildman–Crippen LogP) is 0.731. The zero-order valence-corrected chi connectivity index (χ0v) is 9.39. The van der Waals surface area contributed by atoms with Gasteiger partial charge in [-0.1, -0.05) is 0 Å². The van der Waals surface area contributed by atoms with Crippen molar-refractivity contribution in [2.75, 3.05) is 13.2 Å². The van der Waals surface area contributed by atoms with Crippen molar-refractivity contribution in [3.8, 4) is 0 Å². The van der Waals surface area contributed by atoms with Crippen LogP contribution in [0.5, 0.6) is 0 Å². The van der Waals surface area contributed by atoms with Gasteiger partial charge in [-0.2, -0.15) is 0 Å². The number of hydrogen-bond donors (Lipinski definition) is 1. The molecule has 0 spiro atoms. The first kappa shape index (κ1) is 11.1. The number of aliphatic hydroxyl groups excluding tert-OH is 1. The second-order valence-electron chi connectivity index (χ2n) is 4.35. The van der Waals surface area contributed by atoms with Gasteiger partial charge in [0.2, 0.25) is 5.91 Å². The van der Waals surface area contributed by atoms with E-state index in [9.17, 15) is 4.79 Å². The lowest BCUT2D eigenvalue weighted by Gasteiger charge is -2.15. The zero-order valence-electron chi connectivity index (χ0n) is 9.39. The van der Waals surface area contributed by atoms with E-state index in [4.69, 9.17) is 5.11 Å². The van der Waals surface area contributed by atoms with Crippen molar-refractivity contribution < 1.29 is 9.90 Å². The van der Waals surface area contributed by atoms with Crippen molar-refractivity contribution in [3.63, 3.8) is 0 Å². The van der Waals surface area contributed by atoms with Gasteiger partial charge in [0, 0.05) is 31.7 Å². The summed E-state index contributed by atoms with van der Waals surface area (Å²) in [5, 5.41) is 9.02. The van der Waals surface area contributed by atoms with Gasteiger partial charge in [-0.3, -0.25) is 9.78 Å². The Morgan fingerprint density at radius 2 is 2.44 bits per heavy atom. The molecule has 0 bridgehead atoms. The summed E-state index contributed by atoms with van der Waals surface area (Å²) >= 11 is 0. The number of aryl methyl sites for hydroxylation is 1. The minimum atomic E-state index is 0.0868. The Balaban J connectivity index is 2.03. The van der Waals surface area contributed by atoms with E-state index in [1.807, 2.05) is 19.1 Å². The van der Waals surface area contributed by atoms with E-state index >= 15 is 0 Å². The summed E-state index contributed by atoms with van der Waals surface area (Å²) in [5.41, 5.74) is 2.06. The van der Waals surface area contributed by atoms with E-state index in [-0.39, 0.29) is 18.4 Å². The summed E-state index contributed by atoms with van der Waals surface area (Å²) < 4.78 is 0. The molecule has 4 heteroatoms. The molecule has 1 N–H and O–H groups in total. The number of aliphatic hydroxyl groups is 1. The molecular weight excluding hydrogens is 204 g/mol. The van der Waals surface area contributed by atoms with Crippen LogP contribution in [0.2, 0.25) is 0 Å². The van der Waals surface area contributed by atoms with Gasteiger partial charge in [0.15, 0.2) is 0 Å². The normalized spacial score (nSPS) is 20.5. The van der Waals surface area contributed by atoms with E-state index in [2.05, 4.69) is 4.98 Å². The standard InChI is InChI=1S/C12H16N2O2/c1-9-2-3-13-11(4-9)7-14-6-10(8-15)5-12(14)16/h2-4,10,15H,5-8H2,1H3. The molecule has 1 aliphatic rings. The molecule has 1 fully saturated rings. The molecular formula is C12H16N2O2. The van der Waals surface area contributed by atoms with E-state index in [0.717, 1.165) is 11.3 Å². The maximum atomic E-state index is 11.6. The third-order valence-electron chi connectivity index (χ3n) is 2.88. The molecule has 1 aromatic rings. The molecule has 1 unspecified atom stereocenters. The number of nitrogens with zero attached hydrogens (tertiary/aromatic N) is 2. The highest BCUT2D eigenvalue weighted by Crippen LogP contribution is 2.19. The molecule has 1 aromatic heterocycles. The first-order valence-corrected chi connectivity index (χ1v) is 5.49. The van der Waals surface area contributed by atoms with Crippen molar-refractivity contribution in [3.05, 3.63) is 29.6 Å². The largest absolute Gasteiger partial charge is 0.396 e. The van der Waals surface area contributed by atoms with Crippen LogP contribution in [0.25, 0.3) is 0 Å². The number of likely N-dealkylation sites (tertiary alicyclic amines) is 1. The van der Waals surface area contributed by atoms with Crippen molar-refractivity contribution in [2.45, 2.75) is 19.9 Å². The smallest absolute Gasteiger partial charge is 0.223 e. The predicted molar refractivity (Wildman–Crippen MR) is 59.6 cm³/mol. The van der Waals surface area contributed by atoms with Crippen LogP contribution in [0.4, 0.5) is 0 Å². The maximum Gasteiger partial charge on any atom is 0.223 e. The molecule has 0 aromatic carbocycles. The fourth-order valence-electron chi connectivity index (χ4n) is 2.01. The van der Waals surface area contributed by atoms with Gasteiger partial charge in [-0.25, -0.2) is 0 Å². The summed E-state index contributed by atoms with van der Waals surface area (Å²) in [6.07, 6.45) is 2.22. The Labute approximate surface area is 94.9 Å². The first-order valence-electron chi connectivity index (χ1n) is 5.49. The molecule has 2 rings (SSSR count). The van der Waals surface area contributed by atoms with Gasteiger partial charge >= 0.3 is 0 Å². The summed E-state index contributed by atoms with van der Waals surface area (Å²) in [7, 11) is 0. The van der Waals surface area contributed by atoms with E-state index < -0.39 is 0 Å². The Morgan fingerprint density at radius 1 is 1.62 bits per heavy atom. The highest BCUT2D eigenvalue weighted by atomic mass is 16.3. The average molecular weight is 220 g/mol. The second kappa shape index (κ2) is 4.61. The number of pyridine rings is 1. The lowest BCUT2D eigenvalue weighted by Crippen LogP contribution is -2.25. The van der Waals surface area contributed by atoms with Crippen LogP contribution in [0.3, 0.4) is 0 Å². The topological polar surface area (TPSA) is 53.4 Å². The number of carbonyl (C=O) groups is 1. The minimum absolute atomic E-state index is 0.0868. The van der Waals surface area contributed by atoms with Crippen molar-refractivity contribution in [1.82, 2.24) is 9.88 Å². The van der Waals surface area contributed by atoms with Gasteiger partial charge in [0.1, 0.15) is 0 Å². The molecule has 2 heterocycles. The Hall–Kier alpha value is -1.42. The Kier molecular flexibility index (Phi) is 3.19.